The van der Waals surface area contributed by atoms with Crippen molar-refractivity contribution >= 4 is 40.9 Å². The van der Waals surface area contributed by atoms with E-state index in [0.29, 0.717) is 34.2 Å². The van der Waals surface area contributed by atoms with Crippen molar-refractivity contribution in [1.82, 2.24) is 19.9 Å². The molecule has 5 rings (SSSR count). The van der Waals surface area contributed by atoms with Gasteiger partial charge in [-0.05, 0) is 43.5 Å². The third-order valence-electron chi connectivity index (χ3n) is 5.28. The Balaban J connectivity index is 1.57. The van der Waals surface area contributed by atoms with Crippen LogP contribution in [0.5, 0.6) is 0 Å². The van der Waals surface area contributed by atoms with Crippen molar-refractivity contribution in [2.75, 3.05) is 10.6 Å². The standard InChI is InChI=1S/C22H19N7O2/c1-12-2-3-17(7-14(12)10-23)25-18-9-19(26-16-4-5-16)29-21(27-18)15(11-24-29)6-13-8-20(30)28-22(13)31/h2-3,6-7,9,11,16,26H,4-5,8H2,1H3,(H,25,27)(H,28,30,31)/b13-6+. The minimum Gasteiger partial charge on any atom is -0.367 e. The van der Waals surface area contributed by atoms with E-state index in [1.807, 2.05) is 25.1 Å². The normalized spacial score (nSPS) is 17.1. The number of carbonyl (C=O) groups is 2. The monoisotopic (exact) mass is 413 g/mol. The zero-order valence-electron chi connectivity index (χ0n) is 16.8. The summed E-state index contributed by atoms with van der Waals surface area (Å²) < 4.78 is 1.69. The number of fused-ring (bicyclic) bond motifs is 1. The van der Waals surface area contributed by atoms with Gasteiger partial charge in [-0.2, -0.15) is 14.9 Å². The summed E-state index contributed by atoms with van der Waals surface area (Å²) in [4.78, 5) is 28.2. The number of aromatic nitrogens is 3. The second-order valence-electron chi connectivity index (χ2n) is 7.77. The predicted octanol–water partition coefficient (Wildman–Crippen LogP) is 2.66. The summed E-state index contributed by atoms with van der Waals surface area (Å²) in [6.45, 7) is 1.89. The van der Waals surface area contributed by atoms with Gasteiger partial charge in [0.2, 0.25) is 5.91 Å². The average molecular weight is 413 g/mol. The topological polar surface area (TPSA) is 124 Å². The van der Waals surface area contributed by atoms with Gasteiger partial charge < -0.3 is 10.6 Å². The number of aryl methyl sites for hydroxylation is 1. The van der Waals surface area contributed by atoms with Gasteiger partial charge in [-0.25, -0.2) is 4.98 Å². The highest BCUT2D eigenvalue weighted by atomic mass is 16.2. The molecule has 1 aliphatic carbocycles. The van der Waals surface area contributed by atoms with Crippen LogP contribution in [0.2, 0.25) is 0 Å². The largest absolute Gasteiger partial charge is 0.367 e. The highest BCUT2D eigenvalue weighted by Crippen LogP contribution is 2.29. The van der Waals surface area contributed by atoms with Gasteiger partial charge in [-0.15, -0.1) is 0 Å². The van der Waals surface area contributed by atoms with Crippen LogP contribution in [0.4, 0.5) is 17.3 Å². The predicted molar refractivity (Wildman–Crippen MR) is 115 cm³/mol. The number of anilines is 3. The van der Waals surface area contributed by atoms with Gasteiger partial charge in [0.25, 0.3) is 5.91 Å². The Labute approximate surface area is 177 Å². The van der Waals surface area contributed by atoms with Crippen molar-refractivity contribution in [2.45, 2.75) is 32.2 Å². The smallest absolute Gasteiger partial charge is 0.254 e. The number of nitrogens with zero attached hydrogens (tertiary/aromatic N) is 4. The molecule has 0 radical (unpaired) electrons. The summed E-state index contributed by atoms with van der Waals surface area (Å²) in [7, 11) is 0. The minimum absolute atomic E-state index is 0.0433. The van der Waals surface area contributed by atoms with Gasteiger partial charge in [0.15, 0.2) is 5.65 Å². The van der Waals surface area contributed by atoms with E-state index in [4.69, 9.17) is 0 Å². The van der Waals surface area contributed by atoms with Crippen LogP contribution in [-0.4, -0.2) is 32.5 Å². The summed E-state index contributed by atoms with van der Waals surface area (Å²) in [6, 6.07) is 10.0. The first kappa shape index (κ1) is 18.8. The Morgan fingerprint density at radius 2 is 2.13 bits per heavy atom. The Kier molecular flexibility index (Phi) is 4.40. The third kappa shape index (κ3) is 3.71. The van der Waals surface area contributed by atoms with Gasteiger partial charge in [0.1, 0.15) is 11.6 Å². The maximum absolute atomic E-state index is 12.0. The summed E-state index contributed by atoms with van der Waals surface area (Å²) in [5.74, 6) is 0.653. The summed E-state index contributed by atoms with van der Waals surface area (Å²) in [5, 5.41) is 22.7. The van der Waals surface area contributed by atoms with Crippen molar-refractivity contribution in [1.29, 1.82) is 5.26 Å². The lowest BCUT2D eigenvalue weighted by Crippen LogP contribution is -2.19. The summed E-state index contributed by atoms with van der Waals surface area (Å²) in [5.41, 5.74) is 3.82. The van der Waals surface area contributed by atoms with E-state index in [1.165, 1.54) is 0 Å². The van der Waals surface area contributed by atoms with Crippen LogP contribution in [0, 0.1) is 18.3 Å². The molecule has 0 atom stereocenters. The highest BCUT2D eigenvalue weighted by Gasteiger charge is 2.25. The molecule has 3 heterocycles. The maximum Gasteiger partial charge on any atom is 0.254 e. The zero-order valence-corrected chi connectivity index (χ0v) is 16.8. The number of hydrogen-bond acceptors (Lipinski definition) is 7. The fourth-order valence-corrected chi connectivity index (χ4v) is 3.46. The van der Waals surface area contributed by atoms with E-state index in [2.05, 4.69) is 32.1 Å². The molecule has 154 valence electrons. The molecule has 2 fully saturated rings. The number of nitriles is 1. The van der Waals surface area contributed by atoms with Gasteiger partial charge in [-0.1, -0.05) is 6.07 Å². The average Bonchev–Trinajstić information content (AvgIpc) is 3.38. The van der Waals surface area contributed by atoms with Crippen LogP contribution in [0.3, 0.4) is 0 Å². The molecule has 0 unspecified atom stereocenters. The molecule has 9 nitrogen and oxygen atoms in total. The SMILES string of the molecule is Cc1ccc(Nc2cc(NC3CC3)n3ncc(/C=C4\CC(=O)NC4=O)c3n2)cc1C#N. The Morgan fingerprint density at radius 1 is 1.29 bits per heavy atom. The van der Waals surface area contributed by atoms with Gasteiger partial charge >= 0.3 is 0 Å². The quantitative estimate of drug-likeness (QED) is 0.434. The molecule has 2 amide bonds. The molecule has 1 aliphatic heterocycles. The molecule has 9 heteroatoms. The first-order valence-electron chi connectivity index (χ1n) is 9.98. The molecule has 2 aromatic heterocycles. The number of nitrogens with one attached hydrogen (secondary N) is 3. The number of amides is 2. The number of carbonyl (C=O) groups excluding carboxylic acids is 2. The number of benzene rings is 1. The lowest BCUT2D eigenvalue weighted by molar-refractivity contribution is -0.124. The zero-order chi connectivity index (χ0) is 21.5. The first-order valence-corrected chi connectivity index (χ1v) is 9.98. The number of rotatable bonds is 5. The fraction of sp³-hybridized carbons (Fsp3) is 0.227. The van der Waals surface area contributed by atoms with Crippen LogP contribution in [-0.2, 0) is 9.59 Å². The van der Waals surface area contributed by atoms with E-state index >= 15 is 0 Å². The molecule has 3 aromatic rings. The van der Waals surface area contributed by atoms with Gasteiger partial charge in [0.05, 0.1) is 24.3 Å². The van der Waals surface area contributed by atoms with E-state index in [1.54, 1.807) is 22.9 Å². The molecule has 0 spiro atoms. The molecule has 0 bridgehead atoms. The van der Waals surface area contributed by atoms with Crippen LogP contribution >= 0.6 is 0 Å². The summed E-state index contributed by atoms with van der Waals surface area (Å²) >= 11 is 0. The third-order valence-corrected chi connectivity index (χ3v) is 5.28. The first-order chi connectivity index (χ1) is 15.0. The van der Waals surface area contributed by atoms with Gasteiger partial charge in [0, 0.05) is 28.9 Å². The van der Waals surface area contributed by atoms with Crippen LogP contribution in [0.15, 0.2) is 36.0 Å². The molecule has 1 saturated heterocycles. The Bertz CT molecular complexity index is 1310. The number of hydrogen-bond donors (Lipinski definition) is 3. The van der Waals surface area contributed by atoms with E-state index in [-0.39, 0.29) is 12.3 Å². The lowest BCUT2D eigenvalue weighted by atomic mass is 10.1. The van der Waals surface area contributed by atoms with Crippen molar-refractivity contribution < 1.29 is 9.59 Å². The van der Waals surface area contributed by atoms with Crippen LogP contribution in [0.1, 0.15) is 36.0 Å². The van der Waals surface area contributed by atoms with Gasteiger partial charge in [-0.3, -0.25) is 14.9 Å². The lowest BCUT2D eigenvalue weighted by Gasteiger charge is -2.12. The van der Waals surface area contributed by atoms with Crippen LogP contribution in [0.25, 0.3) is 11.7 Å². The maximum atomic E-state index is 12.0. The minimum atomic E-state index is -0.390. The van der Waals surface area contributed by atoms with Crippen LogP contribution < -0.4 is 16.0 Å². The second kappa shape index (κ2) is 7.25. The Morgan fingerprint density at radius 3 is 2.84 bits per heavy atom. The molecule has 1 aromatic carbocycles. The molecular weight excluding hydrogens is 394 g/mol. The van der Waals surface area contributed by atoms with E-state index in [9.17, 15) is 14.9 Å². The molecule has 2 aliphatic rings. The summed E-state index contributed by atoms with van der Waals surface area (Å²) in [6.07, 6.45) is 5.52. The molecule has 31 heavy (non-hydrogen) atoms. The molecular formula is C22H19N7O2. The second-order valence-corrected chi connectivity index (χ2v) is 7.77. The number of imide groups is 1. The van der Waals surface area contributed by atoms with Crippen molar-refractivity contribution in [3.8, 4) is 6.07 Å². The highest BCUT2D eigenvalue weighted by molar-refractivity contribution is 6.15. The fourth-order valence-electron chi connectivity index (χ4n) is 3.46. The van der Waals surface area contributed by atoms with E-state index < -0.39 is 5.91 Å². The van der Waals surface area contributed by atoms with Crippen molar-refractivity contribution in [3.05, 3.63) is 52.7 Å². The Hall–Kier alpha value is -4.19. The van der Waals surface area contributed by atoms with Crippen molar-refractivity contribution in [3.63, 3.8) is 0 Å². The molecule has 1 saturated carbocycles. The molecule has 3 N–H and O–H groups in total. The van der Waals surface area contributed by atoms with E-state index in [0.717, 1.165) is 29.9 Å². The van der Waals surface area contributed by atoms with Crippen molar-refractivity contribution in [2.24, 2.45) is 0 Å².